The summed E-state index contributed by atoms with van der Waals surface area (Å²) in [7, 11) is 0. The molecule has 1 aliphatic heterocycles. The summed E-state index contributed by atoms with van der Waals surface area (Å²) in [6, 6.07) is 4.32. The Morgan fingerprint density at radius 3 is 2.59 bits per heavy atom. The summed E-state index contributed by atoms with van der Waals surface area (Å²) in [4.78, 5) is 21.8. The third-order valence-corrected chi connectivity index (χ3v) is 5.31. The zero-order valence-electron chi connectivity index (χ0n) is 12.6. The Balaban J connectivity index is 1.45. The maximum atomic E-state index is 11.0. The van der Waals surface area contributed by atoms with Crippen LogP contribution in [0.1, 0.15) is 17.5 Å². The van der Waals surface area contributed by atoms with Crippen LogP contribution >= 0.6 is 22.7 Å². The van der Waals surface area contributed by atoms with Crippen molar-refractivity contribution in [1.82, 2.24) is 14.8 Å². The summed E-state index contributed by atoms with van der Waals surface area (Å²) in [5, 5.41) is 7.60. The van der Waals surface area contributed by atoms with Crippen LogP contribution in [0.2, 0.25) is 0 Å². The number of hydrogen-bond acceptors (Lipinski definition) is 6. The Morgan fingerprint density at radius 1 is 1.23 bits per heavy atom. The number of piperazine rings is 1. The number of anilines is 1. The van der Waals surface area contributed by atoms with Crippen LogP contribution in [-0.2, 0) is 17.9 Å². The minimum atomic E-state index is -0.0666. The molecule has 3 heterocycles. The van der Waals surface area contributed by atoms with Crippen LogP contribution < -0.4 is 5.32 Å². The first kappa shape index (κ1) is 15.6. The van der Waals surface area contributed by atoms with Crippen LogP contribution in [0.5, 0.6) is 0 Å². The molecule has 0 spiro atoms. The summed E-state index contributed by atoms with van der Waals surface area (Å²) in [5.74, 6) is -0.0666. The normalized spacial score (nSPS) is 16.8. The summed E-state index contributed by atoms with van der Waals surface area (Å²) >= 11 is 3.32. The number of aromatic nitrogens is 1. The molecule has 1 aliphatic rings. The Labute approximate surface area is 138 Å². The zero-order valence-corrected chi connectivity index (χ0v) is 14.3. The highest BCUT2D eigenvalue weighted by Gasteiger charge is 2.18. The quantitative estimate of drug-likeness (QED) is 0.911. The number of thiophene rings is 1. The summed E-state index contributed by atoms with van der Waals surface area (Å²) < 4.78 is 0. The molecule has 2 aromatic heterocycles. The lowest BCUT2D eigenvalue weighted by Gasteiger charge is -2.34. The Hall–Kier alpha value is -1.28. The largest absolute Gasteiger partial charge is 0.302 e. The summed E-state index contributed by atoms with van der Waals surface area (Å²) in [6.45, 7) is 7.77. The minimum Gasteiger partial charge on any atom is -0.302 e. The first-order chi connectivity index (χ1) is 10.7. The van der Waals surface area contributed by atoms with Gasteiger partial charge in [0.2, 0.25) is 5.91 Å². The van der Waals surface area contributed by atoms with Crippen molar-refractivity contribution in [2.24, 2.45) is 0 Å². The molecule has 7 heteroatoms. The molecule has 0 bridgehead atoms. The molecule has 1 N–H and O–H groups in total. The maximum Gasteiger partial charge on any atom is 0.223 e. The van der Waals surface area contributed by atoms with E-state index in [0.29, 0.717) is 5.13 Å². The van der Waals surface area contributed by atoms with Gasteiger partial charge in [0, 0.05) is 56.4 Å². The fourth-order valence-electron chi connectivity index (χ4n) is 2.55. The predicted octanol–water partition coefficient (Wildman–Crippen LogP) is 2.48. The topological polar surface area (TPSA) is 48.5 Å². The first-order valence-corrected chi connectivity index (χ1v) is 9.14. The lowest BCUT2D eigenvalue weighted by molar-refractivity contribution is -0.114. The predicted molar refractivity (Wildman–Crippen MR) is 91.3 cm³/mol. The van der Waals surface area contributed by atoms with E-state index in [2.05, 4.69) is 37.6 Å². The van der Waals surface area contributed by atoms with Crippen molar-refractivity contribution in [3.05, 3.63) is 33.5 Å². The first-order valence-electron chi connectivity index (χ1n) is 7.38. The average molecular weight is 336 g/mol. The minimum absolute atomic E-state index is 0.0666. The molecule has 5 nitrogen and oxygen atoms in total. The molecule has 0 aromatic carbocycles. The van der Waals surface area contributed by atoms with Gasteiger partial charge in [0.1, 0.15) is 0 Å². The van der Waals surface area contributed by atoms with Crippen LogP contribution in [0.4, 0.5) is 5.13 Å². The monoisotopic (exact) mass is 336 g/mol. The lowest BCUT2D eigenvalue weighted by Crippen LogP contribution is -2.45. The number of thiazole rings is 1. The van der Waals surface area contributed by atoms with E-state index in [4.69, 9.17) is 0 Å². The Morgan fingerprint density at radius 2 is 1.95 bits per heavy atom. The number of rotatable bonds is 5. The van der Waals surface area contributed by atoms with Gasteiger partial charge in [-0.05, 0) is 11.4 Å². The third kappa shape index (κ3) is 4.36. The SMILES string of the molecule is CC(=O)Nc1nc(CN2CCN(Cc3cccs3)CC2)cs1. The van der Waals surface area contributed by atoms with Gasteiger partial charge in [-0.3, -0.25) is 14.6 Å². The van der Waals surface area contributed by atoms with Gasteiger partial charge in [0.15, 0.2) is 5.13 Å². The van der Waals surface area contributed by atoms with Gasteiger partial charge in [-0.25, -0.2) is 4.98 Å². The number of nitrogens with one attached hydrogen (secondary N) is 1. The van der Waals surface area contributed by atoms with Gasteiger partial charge >= 0.3 is 0 Å². The number of nitrogens with zero attached hydrogens (tertiary/aromatic N) is 3. The molecule has 1 saturated heterocycles. The molecule has 1 amide bonds. The van der Waals surface area contributed by atoms with E-state index in [-0.39, 0.29) is 5.91 Å². The lowest BCUT2D eigenvalue weighted by atomic mass is 10.3. The van der Waals surface area contributed by atoms with E-state index in [9.17, 15) is 4.79 Å². The van der Waals surface area contributed by atoms with Gasteiger partial charge in [0.25, 0.3) is 0 Å². The van der Waals surface area contributed by atoms with E-state index >= 15 is 0 Å². The number of hydrogen-bond donors (Lipinski definition) is 1. The van der Waals surface area contributed by atoms with Crippen molar-refractivity contribution < 1.29 is 4.79 Å². The van der Waals surface area contributed by atoms with Crippen molar-refractivity contribution in [2.45, 2.75) is 20.0 Å². The molecule has 3 rings (SSSR count). The molecular weight excluding hydrogens is 316 g/mol. The molecule has 22 heavy (non-hydrogen) atoms. The Bertz CT molecular complexity index is 603. The van der Waals surface area contributed by atoms with E-state index in [0.717, 1.165) is 45.0 Å². The fraction of sp³-hybridized carbons (Fsp3) is 0.467. The van der Waals surface area contributed by atoms with Gasteiger partial charge < -0.3 is 5.32 Å². The van der Waals surface area contributed by atoms with Crippen LogP contribution in [0.25, 0.3) is 0 Å². The molecule has 0 aliphatic carbocycles. The smallest absolute Gasteiger partial charge is 0.223 e. The van der Waals surface area contributed by atoms with Gasteiger partial charge in [-0.2, -0.15) is 0 Å². The standard InChI is InChI=1S/C15H20N4OS2/c1-12(20)16-15-17-13(11-22-15)9-18-4-6-19(7-5-18)10-14-3-2-8-21-14/h2-3,8,11H,4-7,9-10H2,1H3,(H,16,17,20). The fourth-order valence-corrected chi connectivity index (χ4v) is 4.04. The van der Waals surface area contributed by atoms with Crippen LogP contribution in [0.15, 0.2) is 22.9 Å². The Kier molecular flexibility index (Phi) is 5.20. The van der Waals surface area contributed by atoms with Crippen molar-refractivity contribution in [3.63, 3.8) is 0 Å². The van der Waals surface area contributed by atoms with E-state index < -0.39 is 0 Å². The van der Waals surface area contributed by atoms with Gasteiger partial charge in [-0.15, -0.1) is 22.7 Å². The second kappa shape index (κ2) is 7.32. The van der Waals surface area contributed by atoms with Crippen molar-refractivity contribution in [2.75, 3.05) is 31.5 Å². The number of amides is 1. The van der Waals surface area contributed by atoms with Crippen LogP contribution in [0, 0.1) is 0 Å². The summed E-state index contributed by atoms with van der Waals surface area (Å²) in [5.41, 5.74) is 1.04. The molecule has 0 unspecified atom stereocenters. The molecule has 0 saturated carbocycles. The highest BCUT2D eigenvalue weighted by atomic mass is 32.1. The van der Waals surface area contributed by atoms with E-state index in [1.54, 1.807) is 0 Å². The van der Waals surface area contributed by atoms with E-state index in [1.165, 1.54) is 23.1 Å². The molecule has 118 valence electrons. The molecule has 0 radical (unpaired) electrons. The van der Waals surface area contributed by atoms with Crippen molar-refractivity contribution in [1.29, 1.82) is 0 Å². The van der Waals surface area contributed by atoms with Gasteiger partial charge in [0.05, 0.1) is 5.69 Å². The van der Waals surface area contributed by atoms with Crippen molar-refractivity contribution in [3.8, 4) is 0 Å². The summed E-state index contributed by atoms with van der Waals surface area (Å²) in [6.07, 6.45) is 0. The second-order valence-electron chi connectivity index (χ2n) is 5.46. The van der Waals surface area contributed by atoms with E-state index in [1.807, 2.05) is 16.7 Å². The second-order valence-corrected chi connectivity index (χ2v) is 7.35. The van der Waals surface area contributed by atoms with Crippen molar-refractivity contribution >= 4 is 33.7 Å². The number of carbonyl (C=O) groups excluding carboxylic acids is 1. The molecule has 0 atom stereocenters. The molecule has 2 aromatic rings. The maximum absolute atomic E-state index is 11.0. The zero-order chi connectivity index (χ0) is 15.4. The van der Waals surface area contributed by atoms with Crippen LogP contribution in [0.3, 0.4) is 0 Å². The third-order valence-electron chi connectivity index (χ3n) is 3.64. The van der Waals surface area contributed by atoms with Gasteiger partial charge in [-0.1, -0.05) is 6.07 Å². The highest BCUT2D eigenvalue weighted by Crippen LogP contribution is 2.18. The number of carbonyl (C=O) groups is 1. The van der Waals surface area contributed by atoms with Crippen LogP contribution in [-0.4, -0.2) is 46.9 Å². The molecular formula is C15H20N4OS2. The highest BCUT2D eigenvalue weighted by molar-refractivity contribution is 7.13. The molecule has 1 fully saturated rings. The average Bonchev–Trinajstić information content (AvgIpc) is 3.13.